The Morgan fingerprint density at radius 2 is 1.80 bits per heavy atom. The fourth-order valence-corrected chi connectivity index (χ4v) is 2.32. The maximum Gasteiger partial charge on any atom is 0.329 e. The van der Waals surface area contributed by atoms with Crippen molar-refractivity contribution in [2.45, 2.75) is 65.0 Å². The Bertz CT molecular complexity index is 318. The van der Waals surface area contributed by atoms with Gasteiger partial charge in [-0.15, -0.1) is 0 Å². The lowest BCUT2D eigenvalue weighted by Gasteiger charge is -2.34. The van der Waals surface area contributed by atoms with Crippen LogP contribution in [-0.4, -0.2) is 51.8 Å². The van der Waals surface area contributed by atoms with E-state index >= 15 is 0 Å². The van der Waals surface area contributed by atoms with E-state index in [1.807, 2.05) is 20.8 Å². The number of hydrogen-bond acceptors (Lipinski definition) is 3. The number of aliphatic hydroxyl groups excluding tert-OH is 1. The topological polar surface area (TPSA) is 89.9 Å². The van der Waals surface area contributed by atoms with E-state index in [1.165, 1.54) is 11.8 Å². The Kier molecular flexibility index (Phi) is 8.22. The third-order valence-corrected chi connectivity index (χ3v) is 3.59. The number of carbonyl (C=O) groups excluding carboxylic acids is 1. The number of aliphatic hydroxyl groups is 1. The van der Waals surface area contributed by atoms with E-state index in [-0.39, 0.29) is 19.2 Å². The fraction of sp³-hybridized carbons (Fsp3) is 0.857. The van der Waals surface area contributed by atoms with Crippen molar-refractivity contribution >= 4 is 12.0 Å². The van der Waals surface area contributed by atoms with Gasteiger partial charge in [0.25, 0.3) is 0 Å². The van der Waals surface area contributed by atoms with E-state index in [0.717, 1.165) is 12.8 Å². The highest BCUT2D eigenvalue weighted by Gasteiger charge is 2.36. The van der Waals surface area contributed by atoms with Gasteiger partial charge in [-0.3, -0.25) is 0 Å². The van der Waals surface area contributed by atoms with Crippen LogP contribution in [0, 0.1) is 0 Å². The molecule has 0 aliphatic heterocycles. The highest BCUT2D eigenvalue weighted by atomic mass is 16.4. The van der Waals surface area contributed by atoms with Crippen LogP contribution in [0.5, 0.6) is 0 Å². The van der Waals surface area contributed by atoms with Crippen molar-refractivity contribution in [1.82, 2.24) is 10.2 Å². The predicted octanol–water partition coefficient (Wildman–Crippen LogP) is 1.82. The van der Waals surface area contributed by atoms with Crippen LogP contribution in [-0.2, 0) is 4.79 Å². The number of hydrogen-bond donors (Lipinski definition) is 3. The van der Waals surface area contributed by atoms with Gasteiger partial charge in [0.1, 0.15) is 5.54 Å². The molecule has 0 rings (SSSR count). The summed E-state index contributed by atoms with van der Waals surface area (Å²) >= 11 is 0. The summed E-state index contributed by atoms with van der Waals surface area (Å²) < 4.78 is 0. The van der Waals surface area contributed by atoms with E-state index in [0.29, 0.717) is 12.8 Å². The molecule has 0 aromatic carbocycles. The van der Waals surface area contributed by atoms with Gasteiger partial charge < -0.3 is 20.4 Å². The van der Waals surface area contributed by atoms with Gasteiger partial charge in [-0.1, -0.05) is 27.2 Å². The Morgan fingerprint density at radius 3 is 2.15 bits per heavy atom. The van der Waals surface area contributed by atoms with Gasteiger partial charge in [0.2, 0.25) is 0 Å². The predicted molar refractivity (Wildman–Crippen MR) is 77.6 cm³/mol. The summed E-state index contributed by atoms with van der Waals surface area (Å²) in [6.45, 7) is 7.39. The Hall–Kier alpha value is -1.30. The van der Waals surface area contributed by atoms with Crippen molar-refractivity contribution < 1.29 is 19.8 Å². The van der Waals surface area contributed by atoms with E-state index in [4.69, 9.17) is 5.11 Å². The average Bonchev–Trinajstić information content (AvgIpc) is 2.39. The van der Waals surface area contributed by atoms with E-state index in [2.05, 4.69) is 5.32 Å². The minimum absolute atomic E-state index is 0.00169. The highest BCUT2D eigenvalue weighted by Crippen LogP contribution is 2.15. The molecule has 0 aliphatic rings. The smallest absolute Gasteiger partial charge is 0.329 e. The first-order chi connectivity index (χ1) is 9.36. The van der Waals surface area contributed by atoms with Crippen LogP contribution < -0.4 is 5.32 Å². The lowest BCUT2D eigenvalue weighted by molar-refractivity contribution is -0.144. The molecule has 0 radical (unpaired) electrons. The lowest BCUT2D eigenvalue weighted by atomic mass is 9.96. The molecule has 0 spiro atoms. The standard InChI is InChI=1S/C14H28N2O4/c1-5-8-14(4,12(18)19)15-13(20)16(9-10-17)11(6-2)7-3/h11,17H,5-10H2,1-4H3,(H,15,20)(H,18,19). The number of urea groups is 1. The Labute approximate surface area is 121 Å². The number of aliphatic carboxylic acids is 1. The van der Waals surface area contributed by atoms with Crippen LogP contribution in [0.3, 0.4) is 0 Å². The van der Waals surface area contributed by atoms with Crippen LogP contribution in [0.1, 0.15) is 53.4 Å². The number of rotatable bonds is 9. The van der Waals surface area contributed by atoms with Crippen molar-refractivity contribution in [3.05, 3.63) is 0 Å². The highest BCUT2D eigenvalue weighted by molar-refractivity contribution is 5.86. The van der Waals surface area contributed by atoms with Gasteiger partial charge in [-0.25, -0.2) is 9.59 Å². The van der Waals surface area contributed by atoms with Gasteiger partial charge in [0, 0.05) is 12.6 Å². The average molecular weight is 288 g/mol. The second kappa shape index (κ2) is 8.79. The van der Waals surface area contributed by atoms with Crippen LogP contribution in [0.2, 0.25) is 0 Å². The summed E-state index contributed by atoms with van der Waals surface area (Å²) in [4.78, 5) is 25.2. The molecule has 0 fully saturated rings. The van der Waals surface area contributed by atoms with Gasteiger partial charge in [-0.05, 0) is 26.2 Å². The van der Waals surface area contributed by atoms with Gasteiger partial charge >= 0.3 is 12.0 Å². The molecular weight excluding hydrogens is 260 g/mol. The Balaban J connectivity index is 5.02. The molecular formula is C14H28N2O4. The minimum atomic E-state index is -1.27. The van der Waals surface area contributed by atoms with Gasteiger partial charge in [-0.2, -0.15) is 0 Å². The molecule has 1 atom stereocenters. The van der Waals surface area contributed by atoms with Crippen molar-refractivity contribution in [3.8, 4) is 0 Å². The lowest BCUT2D eigenvalue weighted by Crippen LogP contribution is -2.58. The third-order valence-electron chi connectivity index (χ3n) is 3.59. The summed E-state index contributed by atoms with van der Waals surface area (Å²) in [5.74, 6) is -1.04. The molecule has 0 bridgehead atoms. The quantitative estimate of drug-likeness (QED) is 0.603. The van der Waals surface area contributed by atoms with Crippen molar-refractivity contribution in [2.75, 3.05) is 13.2 Å². The molecule has 0 saturated heterocycles. The van der Waals surface area contributed by atoms with Crippen molar-refractivity contribution in [3.63, 3.8) is 0 Å². The number of amides is 2. The molecule has 20 heavy (non-hydrogen) atoms. The summed E-state index contributed by atoms with van der Waals surface area (Å²) in [6, 6.07) is -0.423. The second-order valence-corrected chi connectivity index (χ2v) is 5.20. The zero-order chi connectivity index (χ0) is 15.8. The largest absolute Gasteiger partial charge is 0.480 e. The SMILES string of the molecule is CCCC(C)(NC(=O)N(CCO)C(CC)CC)C(=O)O. The van der Waals surface area contributed by atoms with E-state index in [1.54, 1.807) is 0 Å². The maximum absolute atomic E-state index is 12.3. The molecule has 0 saturated carbocycles. The number of carboxylic acid groups (broad SMARTS) is 1. The zero-order valence-corrected chi connectivity index (χ0v) is 13.0. The normalized spacial score (nSPS) is 13.9. The van der Waals surface area contributed by atoms with E-state index < -0.39 is 17.5 Å². The monoisotopic (exact) mass is 288 g/mol. The van der Waals surface area contributed by atoms with E-state index in [9.17, 15) is 14.7 Å². The first-order valence-electron chi connectivity index (χ1n) is 7.29. The summed E-state index contributed by atoms with van der Waals surface area (Å²) in [5, 5.41) is 21.0. The molecule has 3 N–H and O–H groups in total. The van der Waals surface area contributed by atoms with Crippen LogP contribution in [0.25, 0.3) is 0 Å². The molecule has 0 heterocycles. The molecule has 118 valence electrons. The summed E-state index contributed by atoms with van der Waals surface area (Å²) in [5.41, 5.74) is -1.27. The van der Waals surface area contributed by atoms with Gasteiger partial charge in [0.05, 0.1) is 6.61 Å². The summed E-state index contributed by atoms with van der Waals surface area (Å²) in [7, 11) is 0. The second-order valence-electron chi connectivity index (χ2n) is 5.20. The minimum Gasteiger partial charge on any atom is -0.480 e. The molecule has 6 heteroatoms. The third kappa shape index (κ3) is 5.00. The van der Waals surface area contributed by atoms with Crippen LogP contribution in [0.4, 0.5) is 4.79 Å². The number of carbonyl (C=O) groups is 2. The first-order valence-corrected chi connectivity index (χ1v) is 7.29. The molecule has 0 aromatic rings. The number of nitrogens with zero attached hydrogens (tertiary/aromatic N) is 1. The molecule has 0 aromatic heterocycles. The molecule has 2 amide bonds. The first kappa shape index (κ1) is 18.7. The number of nitrogens with one attached hydrogen (secondary N) is 1. The Morgan fingerprint density at radius 1 is 1.25 bits per heavy atom. The van der Waals surface area contributed by atoms with Crippen molar-refractivity contribution in [2.24, 2.45) is 0 Å². The molecule has 0 aliphatic carbocycles. The maximum atomic E-state index is 12.3. The van der Waals surface area contributed by atoms with Gasteiger partial charge in [0.15, 0.2) is 0 Å². The molecule has 6 nitrogen and oxygen atoms in total. The summed E-state index contributed by atoms with van der Waals surface area (Å²) in [6.07, 6.45) is 2.56. The number of carboxylic acids is 1. The van der Waals surface area contributed by atoms with Crippen LogP contribution in [0.15, 0.2) is 0 Å². The zero-order valence-electron chi connectivity index (χ0n) is 13.0. The molecule has 1 unspecified atom stereocenters. The fourth-order valence-electron chi connectivity index (χ4n) is 2.32. The van der Waals surface area contributed by atoms with Crippen molar-refractivity contribution in [1.29, 1.82) is 0 Å². The van der Waals surface area contributed by atoms with Crippen LogP contribution >= 0.6 is 0 Å².